The zero-order chi connectivity index (χ0) is 16.1. The van der Waals surface area contributed by atoms with E-state index in [1.165, 1.54) is 42.5 Å². The molecule has 6 nitrogen and oxygen atoms in total. The Morgan fingerprint density at radius 3 is 2.59 bits per heavy atom. The molecule has 0 saturated carbocycles. The van der Waals surface area contributed by atoms with Gasteiger partial charge in [0.2, 0.25) is 0 Å². The first-order valence-corrected chi connectivity index (χ1v) is 6.06. The first-order chi connectivity index (χ1) is 10.5. The molecule has 0 saturated heterocycles. The number of nitro benzene ring substituents is 1. The lowest BCUT2D eigenvalue weighted by Gasteiger charge is -2.08. The fourth-order valence-electron chi connectivity index (χ4n) is 1.71. The minimum absolute atomic E-state index is 0.0781. The first-order valence-electron chi connectivity index (χ1n) is 6.06. The average molecular weight is 308 g/mol. The van der Waals surface area contributed by atoms with Crippen LogP contribution in [-0.4, -0.2) is 17.4 Å². The van der Waals surface area contributed by atoms with Crippen LogP contribution >= 0.6 is 0 Å². The minimum Gasteiger partial charge on any atom is -0.435 e. The largest absolute Gasteiger partial charge is 0.435 e. The lowest BCUT2D eigenvalue weighted by atomic mass is 10.2. The van der Waals surface area contributed by atoms with Gasteiger partial charge in [-0.15, -0.1) is 0 Å². The number of nitrogens with zero attached hydrogens (tertiary/aromatic N) is 1. The summed E-state index contributed by atoms with van der Waals surface area (Å²) in [6, 6.07) is 10.6. The quantitative estimate of drug-likeness (QED) is 0.677. The van der Waals surface area contributed by atoms with E-state index in [2.05, 4.69) is 10.1 Å². The molecular formula is C14H10F2N2O4. The number of nitrogens with one attached hydrogen (secondary N) is 1. The molecule has 2 aromatic carbocycles. The average Bonchev–Trinajstić information content (AvgIpc) is 2.47. The Kier molecular flexibility index (Phi) is 4.62. The van der Waals surface area contributed by atoms with Crippen molar-refractivity contribution >= 4 is 17.3 Å². The van der Waals surface area contributed by atoms with Crippen LogP contribution in [0.5, 0.6) is 5.75 Å². The third kappa shape index (κ3) is 3.98. The van der Waals surface area contributed by atoms with Gasteiger partial charge in [-0.25, -0.2) is 0 Å². The molecule has 0 radical (unpaired) electrons. The number of amides is 1. The molecule has 0 aliphatic heterocycles. The van der Waals surface area contributed by atoms with Crippen molar-refractivity contribution in [3.63, 3.8) is 0 Å². The maximum Gasteiger partial charge on any atom is 0.387 e. The normalized spacial score (nSPS) is 10.3. The van der Waals surface area contributed by atoms with E-state index in [0.29, 0.717) is 0 Å². The molecule has 0 fully saturated rings. The summed E-state index contributed by atoms with van der Waals surface area (Å²) < 4.78 is 28.5. The number of halogens is 2. The van der Waals surface area contributed by atoms with E-state index >= 15 is 0 Å². The number of nitro groups is 1. The molecule has 2 rings (SSSR count). The number of hydrogen-bond acceptors (Lipinski definition) is 4. The standard InChI is InChI=1S/C14H10F2N2O4/c15-14(16)22-12-6-2-4-10(8-12)17-13(19)9-3-1-5-11(7-9)18(20)21/h1-8,14H,(H,17,19). The molecule has 114 valence electrons. The Morgan fingerprint density at radius 1 is 1.18 bits per heavy atom. The molecule has 0 unspecified atom stereocenters. The van der Waals surface area contributed by atoms with Crippen LogP contribution in [0.25, 0.3) is 0 Å². The number of ether oxygens (including phenoxy) is 1. The van der Waals surface area contributed by atoms with E-state index in [4.69, 9.17) is 0 Å². The number of anilines is 1. The van der Waals surface area contributed by atoms with E-state index in [0.717, 1.165) is 6.07 Å². The van der Waals surface area contributed by atoms with Crippen molar-refractivity contribution in [2.75, 3.05) is 5.32 Å². The number of rotatable bonds is 5. The van der Waals surface area contributed by atoms with Crippen LogP contribution in [0, 0.1) is 10.1 Å². The van der Waals surface area contributed by atoms with Crippen LogP contribution < -0.4 is 10.1 Å². The SMILES string of the molecule is O=C(Nc1cccc(OC(F)F)c1)c1cccc([N+](=O)[O-])c1. The van der Waals surface area contributed by atoms with Gasteiger partial charge in [-0.2, -0.15) is 8.78 Å². The van der Waals surface area contributed by atoms with Gasteiger partial charge in [0, 0.05) is 29.4 Å². The predicted molar refractivity (Wildman–Crippen MR) is 74.1 cm³/mol. The second-order valence-corrected chi connectivity index (χ2v) is 4.17. The van der Waals surface area contributed by atoms with Crippen LogP contribution in [-0.2, 0) is 0 Å². The summed E-state index contributed by atoms with van der Waals surface area (Å²) in [7, 11) is 0. The summed E-state index contributed by atoms with van der Waals surface area (Å²) in [5, 5.41) is 13.1. The molecule has 0 atom stereocenters. The van der Waals surface area contributed by atoms with E-state index in [1.807, 2.05) is 0 Å². The van der Waals surface area contributed by atoms with Crippen molar-refractivity contribution in [3.05, 3.63) is 64.2 Å². The van der Waals surface area contributed by atoms with Crippen LogP contribution in [0.15, 0.2) is 48.5 Å². The molecule has 0 bridgehead atoms. The van der Waals surface area contributed by atoms with E-state index in [9.17, 15) is 23.7 Å². The summed E-state index contributed by atoms with van der Waals surface area (Å²) in [5.74, 6) is -0.704. The summed E-state index contributed by atoms with van der Waals surface area (Å²) in [6.07, 6.45) is 0. The number of carbonyl (C=O) groups is 1. The highest BCUT2D eigenvalue weighted by atomic mass is 19.3. The molecular weight excluding hydrogens is 298 g/mol. The summed E-state index contributed by atoms with van der Waals surface area (Å²) in [4.78, 5) is 22.1. The van der Waals surface area contributed by atoms with Gasteiger partial charge in [0.05, 0.1) is 4.92 Å². The van der Waals surface area contributed by atoms with Gasteiger partial charge in [-0.05, 0) is 18.2 Å². The lowest BCUT2D eigenvalue weighted by Crippen LogP contribution is -2.12. The highest BCUT2D eigenvalue weighted by Crippen LogP contribution is 2.20. The summed E-state index contributed by atoms with van der Waals surface area (Å²) in [6.45, 7) is -2.97. The maximum absolute atomic E-state index is 12.1. The van der Waals surface area contributed by atoms with Crippen LogP contribution in [0.4, 0.5) is 20.2 Å². The second-order valence-electron chi connectivity index (χ2n) is 4.17. The lowest BCUT2D eigenvalue weighted by molar-refractivity contribution is -0.384. The summed E-state index contributed by atoms with van der Waals surface area (Å²) >= 11 is 0. The Balaban J connectivity index is 2.15. The fourth-order valence-corrected chi connectivity index (χ4v) is 1.71. The third-order valence-electron chi connectivity index (χ3n) is 2.64. The Hall–Kier alpha value is -3.03. The molecule has 0 heterocycles. The van der Waals surface area contributed by atoms with Crippen molar-refractivity contribution in [2.45, 2.75) is 6.61 Å². The molecule has 0 spiro atoms. The molecule has 0 aliphatic rings. The van der Waals surface area contributed by atoms with Crippen molar-refractivity contribution in [2.24, 2.45) is 0 Å². The molecule has 1 amide bonds. The highest BCUT2D eigenvalue weighted by Gasteiger charge is 2.12. The van der Waals surface area contributed by atoms with Crippen molar-refractivity contribution in [1.29, 1.82) is 0 Å². The van der Waals surface area contributed by atoms with Gasteiger partial charge in [0.1, 0.15) is 5.75 Å². The zero-order valence-electron chi connectivity index (χ0n) is 11.0. The van der Waals surface area contributed by atoms with Crippen molar-refractivity contribution < 1.29 is 23.2 Å². The van der Waals surface area contributed by atoms with Gasteiger partial charge < -0.3 is 10.1 Å². The first kappa shape index (κ1) is 15.4. The smallest absolute Gasteiger partial charge is 0.387 e. The van der Waals surface area contributed by atoms with Gasteiger partial charge in [-0.3, -0.25) is 14.9 Å². The fraction of sp³-hybridized carbons (Fsp3) is 0.0714. The number of benzene rings is 2. The Labute approximate surface area is 123 Å². The molecule has 1 N–H and O–H groups in total. The predicted octanol–water partition coefficient (Wildman–Crippen LogP) is 3.45. The van der Waals surface area contributed by atoms with E-state index < -0.39 is 17.4 Å². The van der Waals surface area contributed by atoms with Gasteiger partial charge >= 0.3 is 6.61 Å². The maximum atomic E-state index is 12.1. The number of non-ortho nitro benzene ring substituents is 1. The minimum atomic E-state index is -2.97. The molecule has 22 heavy (non-hydrogen) atoms. The van der Waals surface area contributed by atoms with Gasteiger partial charge in [0.25, 0.3) is 11.6 Å². The molecule has 2 aromatic rings. The second kappa shape index (κ2) is 6.61. The third-order valence-corrected chi connectivity index (χ3v) is 2.64. The highest BCUT2D eigenvalue weighted by molar-refractivity contribution is 6.04. The number of alkyl halides is 2. The van der Waals surface area contributed by atoms with Crippen LogP contribution in [0.3, 0.4) is 0 Å². The van der Waals surface area contributed by atoms with Crippen LogP contribution in [0.1, 0.15) is 10.4 Å². The summed E-state index contributed by atoms with van der Waals surface area (Å²) in [5.41, 5.74) is 0.0893. The monoisotopic (exact) mass is 308 g/mol. The van der Waals surface area contributed by atoms with Crippen molar-refractivity contribution in [1.82, 2.24) is 0 Å². The topological polar surface area (TPSA) is 81.5 Å². The van der Waals surface area contributed by atoms with Gasteiger partial charge in [-0.1, -0.05) is 12.1 Å². The molecule has 0 aromatic heterocycles. The number of hydrogen-bond donors (Lipinski definition) is 1. The van der Waals surface area contributed by atoms with E-state index in [1.54, 1.807) is 0 Å². The zero-order valence-corrected chi connectivity index (χ0v) is 11.0. The number of carbonyl (C=O) groups excluding carboxylic acids is 1. The van der Waals surface area contributed by atoms with Crippen molar-refractivity contribution in [3.8, 4) is 5.75 Å². The Bertz CT molecular complexity index is 707. The van der Waals surface area contributed by atoms with Crippen LogP contribution in [0.2, 0.25) is 0 Å². The molecule has 8 heteroatoms. The van der Waals surface area contributed by atoms with Gasteiger partial charge in [0.15, 0.2) is 0 Å². The Morgan fingerprint density at radius 2 is 1.91 bits per heavy atom. The van der Waals surface area contributed by atoms with E-state index in [-0.39, 0.29) is 22.7 Å². The molecule has 0 aliphatic carbocycles.